The molecule has 0 radical (unpaired) electrons. The average Bonchev–Trinajstić information content (AvgIpc) is 3.04. The molecule has 0 amide bonds. The lowest BCUT2D eigenvalue weighted by Crippen LogP contribution is -2.16. The molecule has 0 aromatic heterocycles. The van der Waals surface area contributed by atoms with E-state index in [1.807, 2.05) is 0 Å². The molecule has 0 saturated heterocycles. The van der Waals surface area contributed by atoms with Crippen LogP contribution in [0, 0.1) is 0 Å². The van der Waals surface area contributed by atoms with Crippen LogP contribution in [0.1, 0.15) is 26.2 Å². The minimum atomic E-state index is -0.407. The Morgan fingerprint density at radius 1 is 0.341 bits per heavy atom. The second-order valence-corrected chi connectivity index (χ2v) is 9.07. The number of unbranched alkanes of at least 4 members (excludes halogenated alkanes) is 2. The number of carbonyl (C=O) groups is 1. The number of rotatable bonds is 39. The molecule has 0 spiro atoms. The van der Waals surface area contributed by atoms with E-state index in [2.05, 4.69) is 11.7 Å². The van der Waals surface area contributed by atoms with Crippen molar-refractivity contribution in [2.45, 2.75) is 26.2 Å². The molecule has 0 aromatic rings. The van der Waals surface area contributed by atoms with E-state index in [4.69, 9.17) is 56.8 Å². The zero-order valence-corrected chi connectivity index (χ0v) is 27.3. The zero-order valence-electron chi connectivity index (χ0n) is 27.3. The first-order chi connectivity index (χ1) is 21.8. The third kappa shape index (κ3) is 39.0. The van der Waals surface area contributed by atoms with E-state index in [9.17, 15) is 4.79 Å². The molecule has 14 heteroatoms. The lowest BCUT2D eigenvalue weighted by molar-refractivity contribution is -0.146. The Morgan fingerprint density at radius 3 is 0.795 bits per heavy atom. The van der Waals surface area contributed by atoms with Gasteiger partial charge in [-0.1, -0.05) is 19.8 Å². The van der Waals surface area contributed by atoms with Crippen LogP contribution in [0.5, 0.6) is 0 Å². The van der Waals surface area contributed by atoms with E-state index in [1.165, 1.54) is 20.0 Å². The Bertz CT molecular complexity index is 544. The highest BCUT2D eigenvalue weighted by Crippen LogP contribution is 1.94. The third-order valence-electron chi connectivity index (χ3n) is 5.43. The second-order valence-electron chi connectivity index (χ2n) is 9.07. The molecule has 0 saturated carbocycles. The molecule has 0 atom stereocenters. The standard InChI is InChI=1S/C30H60O14/c1-3-4-5-6-33-7-8-34-9-10-35-11-12-36-13-14-37-15-16-38-17-18-39-19-20-40-21-22-41-23-24-42-25-26-43-27-28-44-29-30(31)32-2/h3-29H2,1-2H3. The highest BCUT2D eigenvalue weighted by Gasteiger charge is 1.99. The van der Waals surface area contributed by atoms with Crippen LogP contribution >= 0.6 is 0 Å². The fourth-order valence-corrected chi connectivity index (χ4v) is 3.09. The van der Waals surface area contributed by atoms with Crippen LogP contribution in [0.4, 0.5) is 0 Å². The van der Waals surface area contributed by atoms with Gasteiger partial charge in [0.15, 0.2) is 0 Å². The average molecular weight is 645 g/mol. The van der Waals surface area contributed by atoms with Crippen LogP contribution in [0.25, 0.3) is 0 Å². The van der Waals surface area contributed by atoms with E-state index in [0.29, 0.717) is 145 Å². The summed E-state index contributed by atoms with van der Waals surface area (Å²) in [5.74, 6) is -0.407. The van der Waals surface area contributed by atoms with Gasteiger partial charge in [0.05, 0.1) is 152 Å². The predicted octanol–water partition coefficient (Wildman–Crippen LogP) is 1.55. The van der Waals surface area contributed by atoms with Gasteiger partial charge in [-0.15, -0.1) is 0 Å². The van der Waals surface area contributed by atoms with Gasteiger partial charge < -0.3 is 61.6 Å². The van der Waals surface area contributed by atoms with Gasteiger partial charge in [-0.25, -0.2) is 4.79 Å². The molecule has 0 aliphatic carbocycles. The molecule has 0 fully saturated rings. The number of esters is 1. The highest BCUT2D eigenvalue weighted by atomic mass is 16.6. The molecule has 0 bridgehead atoms. The fraction of sp³-hybridized carbons (Fsp3) is 0.967. The summed E-state index contributed by atoms with van der Waals surface area (Å²) in [6, 6.07) is 0. The Labute approximate surface area is 264 Å². The topological polar surface area (TPSA) is 137 Å². The van der Waals surface area contributed by atoms with Crippen molar-refractivity contribution in [3.8, 4) is 0 Å². The molecule has 0 aliphatic heterocycles. The molecule has 14 nitrogen and oxygen atoms in total. The summed E-state index contributed by atoms with van der Waals surface area (Å²) < 4.78 is 69.4. The first kappa shape index (κ1) is 43.0. The second kappa shape index (κ2) is 40.0. The Kier molecular flexibility index (Phi) is 39.1. The number of carbonyl (C=O) groups excluding carboxylic acids is 1. The Hall–Kier alpha value is -1.01. The molecule has 0 aliphatic rings. The van der Waals surface area contributed by atoms with Gasteiger partial charge in [-0.3, -0.25) is 0 Å². The van der Waals surface area contributed by atoms with Gasteiger partial charge in [0.1, 0.15) is 6.61 Å². The Balaban J connectivity index is 3.04. The molecule has 44 heavy (non-hydrogen) atoms. The molecule has 0 N–H and O–H groups in total. The quantitative estimate of drug-likeness (QED) is 0.0707. The van der Waals surface area contributed by atoms with Crippen molar-refractivity contribution in [3.05, 3.63) is 0 Å². The monoisotopic (exact) mass is 644 g/mol. The summed E-state index contributed by atoms with van der Waals surface area (Å²) in [5, 5.41) is 0. The van der Waals surface area contributed by atoms with Gasteiger partial charge in [-0.05, 0) is 6.42 Å². The minimum Gasteiger partial charge on any atom is -0.467 e. The minimum absolute atomic E-state index is 0.0692. The van der Waals surface area contributed by atoms with E-state index in [0.717, 1.165) is 13.0 Å². The number of hydrogen-bond donors (Lipinski definition) is 0. The van der Waals surface area contributed by atoms with Crippen LogP contribution in [0.2, 0.25) is 0 Å². The van der Waals surface area contributed by atoms with Crippen LogP contribution in [0.15, 0.2) is 0 Å². The van der Waals surface area contributed by atoms with E-state index >= 15 is 0 Å². The lowest BCUT2D eigenvalue weighted by atomic mass is 10.3. The summed E-state index contributed by atoms with van der Waals surface area (Å²) in [5.41, 5.74) is 0. The normalized spacial score (nSPS) is 11.4. The molecule has 0 heterocycles. The van der Waals surface area contributed by atoms with E-state index in [1.54, 1.807) is 0 Å². The van der Waals surface area contributed by atoms with Gasteiger partial charge >= 0.3 is 5.97 Å². The molecule has 264 valence electrons. The van der Waals surface area contributed by atoms with Crippen molar-refractivity contribution in [1.29, 1.82) is 0 Å². The fourth-order valence-electron chi connectivity index (χ4n) is 3.09. The Morgan fingerprint density at radius 2 is 0.568 bits per heavy atom. The van der Waals surface area contributed by atoms with E-state index in [-0.39, 0.29) is 6.61 Å². The van der Waals surface area contributed by atoms with Gasteiger partial charge in [-0.2, -0.15) is 0 Å². The molecule has 0 rings (SSSR count). The van der Waals surface area contributed by atoms with Gasteiger partial charge in [0.2, 0.25) is 0 Å². The third-order valence-corrected chi connectivity index (χ3v) is 5.43. The first-order valence-corrected chi connectivity index (χ1v) is 15.8. The summed E-state index contributed by atoms with van der Waals surface area (Å²) in [7, 11) is 1.32. The predicted molar refractivity (Wildman–Crippen MR) is 161 cm³/mol. The van der Waals surface area contributed by atoms with Crippen LogP contribution in [-0.2, 0) is 66.4 Å². The maximum absolute atomic E-state index is 10.9. The van der Waals surface area contributed by atoms with Crippen LogP contribution in [0.3, 0.4) is 0 Å². The largest absolute Gasteiger partial charge is 0.467 e. The molecule has 0 aromatic carbocycles. The molecular weight excluding hydrogens is 584 g/mol. The number of ether oxygens (including phenoxy) is 13. The van der Waals surface area contributed by atoms with Crippen molar-refractivity contribution >= 4 is 5.97 Å². The SMILES string of the molecule is CCCCCOCCOCCOCCOCCOCCOCCOCCOCCOCCOCCOCCOCC(=O)OC. The maximum atomic E-state index is 10.9. The summed E-state index contributed by atoms with van der Waals surface area (Å²) in [6.07, 6.45) is 3.53. The summed E-state index contributed by atoms with van der Waals surface area (Å²) >= 11 is 0. The van der Waals surface area contributed by atoms with Crippen molar-refractivity contribution in [3.63, 3.8) is 0 Å². The number of methoxy groups -OCH3 is 1. The van der Waals surface area contributed by atoms with E-state index < -0.39 is 5.97 Å². The molecular formula is C30H60O14. The van der Waals surface area contributed by atoms with Crippen molar-refractivity contribution < 1.29 is 66.4 Å². The number of hydrogen-bond acceptors (Lipinski definition) is 14. The highest BCUT2D eigenvalue weighted by molar-refractivity contribution is 5.70. The summed E-state index contributed by atoms with van der Waals surface area (Å²) in [4.78, 5) is 10.9. The summed E-state index contributed by atoms with van der Waals surface area (Å²) in [6.45, 7) is 14.0. The van der Waals surface area contributed by atoms with Crippen molar-refractivity contribution in [2.24, 2.45) is 0 Å². The molecule has 0 unspecified atom stereocenters. The van der Waals surface area contributed by atoms with Crippen molar-refractivity contribution in [2.75, 3.05) is 166 Å². The van der Waals surface area contributed by atoms with Crippen LogP contribution in [-0.4, -0.2) is 172 Å². The maximum Gasteiger partial charge on any atom is 0.331 e. The van der Waals surface area contributed by atoms with Gasteiger partial charge in [0.25, 0.3) is 0 Å². The van der Waals surface area contributed by atoms with Crippen molar-refractivity contribution in [1.82, 2.24) is 0 Å². The smallest absolute Gasteiger partial charge is 0.331 e. The lowest BCUT2D eigenvalue weighted by Gasteiger charge is -2.09. The zero-order chi connectivity index (χ0) is 31.9. The van der Waals surface area contributed by atoms with Gasteiger partial charge in [0, 0.05) is 6.61 Å². The van der Waals surface area contributed by atoms with Crippen LogP contribution < -0.4 is 0 Å². The first-order valence-electron chi connectivity index (χ1n) is 15.8.